The minimum atomic E-state index is -2.68. The molecule has 46 heavy (non-hydrogen) atoms. The van der Waals surface area contributed by atoms with Crippen LogP contribution in [0.5, 0.6) is 17.2 Å². The molecule has 0 unspecified atom stereocenters. The van der Waals surface area contributed by atoms with E-state index in [4.69, 9.17) is 0 Å². The molecule has 0 aromatic heterocycles. The second-order valence-corrected chi connectivity index (χ2v) is 8.58. The molecule has 0 fully saturated rings. The van der Waals surface area contributed by atoms with Crippen molar-refractivity contribution in [3.8, 4) is 17.2 Å². The first-order chi connectivity index (χ1) is 21.3. The van der Waals surface area contributed by atoms with Gasteiger partial charge >= 0.3 is 17.9 Å². The summed E-state index contributed by atoms with van der Waals surface area (Å²) in [5.74, 6) is -47.7. The van der Waals surface area contributed by atoms with Crippen molar-refractivity contribution in [3.05, 3.63) is 87.0 Å². The third-order valence-electron chi connectivity index (χ3n) is 5.49. The molecule has 0 spiro atoms. The maximum atomic E-state index is 14.1. The number of hydrogen-bond acceptors (Lipinski definition) is 7. The second-order valence-electron chi connectivity index (χ2n) is 8.58. The molecule has 0 heterocycles. The van der Waals surface area contributed by atoms with Crippen molar-refractivity contribution in [2.45, 2.75) is 6.92 Å². The molecular weight excluding hydrogens is 676 g/mol. The summed E-state index contributed by atoms with van der Waals surface area (Å²) in [4.78, 5) is 37.0. The van der Waals surface area contributed by atoms with E-state index in [0.29, 0.717) is 6.92 Å². The Balaban J connectivity index is 1.92. The molecule has 0 bridgehead atoms. The zero-order valence-electron chi connectivity index (χ0n) is 21.8. The van der Waals surface area contributed by atoms with Crippen LogP contribution in [0.3, 0.4) is 0 Å². The molecule has 0 aliphatic heterocycles. The number of rotatable bonds is 9. The van der Waals surface area contributed by atoms with Gasteiger partial charge in [-0.25, -0.2) is 39.5 Å². The molecule has 0 N–H and O–H groups in total. The molecule has 3 rings (SSSR count). The van der Waals surface area contributed by atoms with Gasteiger partial charge in [-0.1, -0.05) is 0 Å². The Morgan fingerprint density at radius 2 is 0.609 bits per heavy atom. The molecule has 0 atom stereocenters. The molecule has 0 aliphatic carbocycles. The average molecular weight is 685 g/mol. The fourth-order valence-electron chi connectivity index (χ4n) is 3.35. The van der Waals surface area contributed by atoms with E-state index in [9.17, 15) is 75.8 Å². The van der Waals surface area contributed by atoms with Gasteiger partial charge in [-0.05, 0) is 6.92 Å². The lowest BCUT2D eigenvalue weighted by atomic mass is 10.2. The largest absolute Gasteiger partial charge is 0.422 e. The minimum Gasteiger partial charge on any atom is -0.422 e. The Morgan fingerprint density at radius 3 is 0.913 bits per heavy atom. The molecule has 248 valence electrons. The Labute approximate surface area is 244 Å². The van der Waals surface area contributed by atoms with Gasteiger partial charge in [0.2, 0.25) is 81.3 Å². The molecule has 0 saturated carbocycles. The van der Waals surface area contributed by atoms with E-state index in [0.717, 1.165) is 0 Å². The van der Waals surface area contributed by atoms with E-state index < -0.39 is 142 Å². The van der Waals surface area contributed by atoms with Crippen molar-refractivity contribution in [1.29, 1.82) is 0 Å². The lowest BCUT2D eigenvalue weighted by Gasteiger charge is -2.20. The lowest BCUT2D eigenvalue weighted by molar-refractivity contribution is -0.142. The normalized spacial score (nSPS) is 11.2. The summed E-state index contributed by atoms with van der Waals surface area (Å²) in [7, 11) is 0. The van der Waals surface area contributed by atoms with E-state index >= 15 is 0 Å². The molecule has 3 aromatic rings. The fourth-order valence-corrected chi connectivity index (χ4v) is 3.35. The van der Waals surface area contributed by atoms with Crippen LogP contribution < -0.4 is 14.2 Å². The highest BCUT2D eigenvalue weighted by molar-refractivity contribution is 5.81. The highest BCUT2D eigenvalue weighted by Gasteiger charge is 2.32. The van der Waals surface area contributed by atoms with E-state index in [1.54, 1.807) is 0 Å². The zero-order valence-corrected chi connectivity index (χ0v) is 21.8. The molecule has 0 amide bonds. The van der Waals surface area contributed by atoms with Crippen LogP contribution in [0.25, 0.3) is 0 Å². The maximum absolute atomic E-state index is 14.1. The minimum absolute atomic E-state index is 0.0224. The predicted molar refractivity (Wildman–Crippen MR) is 117 cm³/mol. The third kappa shape index (κ3) is 6.82. The van der Waals surface area contributed by atoms with Crippen molar-refractivity contribution in [2.75, 3.05) is 19.6 Å². The van der Waals surface area contributed by atoms with Gasteiger partial charge in [0, 0.05) is 5.56 Å². The zero-order chi connectivity index (χ0) is 34.9. The van der Waals surface area contributed by atoms with Crippen molar-refractivity contribution >= 4 is 17.9 Å². The number of esters is 3. The highest BCUT2D eigenvalue weighted by atomic mass is 19.2. The summed E-state index contributed by atoms with van der Waals surface area (Å²) in [6.07, 6.45) is 0. The SMILES string of the molecule is Cc1c(F)c(F)c(F)c(F)c1OC(=O)CN(CC(=O)Oc1c(F)c(F)c(F)c(F)c1F)CC(=O)Oc1c(F)c(F)c(F)c(F)c1F. The standard InChI is InChI=1S/C25H9F14NO6/c1-5-9(26)10(27)13(30)18(35)23(5)44-6(41)2-40(3-7(42)45-24-19(36)14(31)11(28)15(32)20(24)37)4-8(43)46-25-21(38)16(33)12(29)17(34)22(25)39/h2-4H2,1H3. The van der Waals surface area contributed by atoms with E-state index in [-0.39, 0.29) is 4.90 Å². The van der Waals surface area contributed by atoms with Crippen LogP contribution in [0.15, 0.2) is 0 Å². The Bertz CT molecular complexity index is 1490. The Kier molecular flexibility index (Phi) is 10.5. The van der Waals surface area contributed by atoms with Crippen molar-refractivity contribution < 1.29 is 90.1 Å². The summed E-state index contributed by atoms with van der Waals surface area (Å²) in [6.45, 7) is -4.40. The van der Waals surface area contributed by atoms with Crippen LogP contribution in [0.1, 0.15) is 5.56 Å². The smallest absolute Gasteiger partial charge is 0.325 e. The van der Waals surface area contributed by atoms with Crippen molar-refractivity contribution in [1.82, 2.24) is 4.90 Å². The summed E-state index contributed by atoms with van der Waals surface area (Å²) in [5, 5.41) is 0. The van der Waals surface area contributed by atoms with Gasteiger partial charge in [-0.2, -0.15) is 22.0 Å². The van der Waals surface area contributed by atoms with Crippen LogP contribution in [-0.4, -0.2) is 42.4 Å². The molecule has 0 saturated heterocycles. The summed E-state index contributed by atoms with van der Waals surface area (Å²) < 4.78 is 203. The third-order valence-corrected chi connectivity index (χ3v) is 5.49. The first-order valence-corrected chi connectivity index (χ1v) is 11.5. The van der Waals surface area contributed by atoms with Gasteiger partial charge in [-0.3, -0.25) is 19.3 Å². The predicted octanol–water partition coefficient (Wildman–Crippen LogP) is 5.36. The van der Waals surface area contributed by atoms with Gasteiger partial charge in [0.05, 0.1) is 19.6 Å². The van der Waals surface area contributed by atoms with E-state index in [1.165, 1.54) is 0 Å². The first-order valence-electron chi connectivity index (χ1n) is 11.5. The van der Waals surface area contributed by atoms with Gasteiger partial charge in [-0.15, -0.1) is 0 Å². The van der Waals surface area contributed by atoms with Crippen molar-refractivity contribution in [3.63, 3.8) is 0 Å². The van der Waals surface area contributed by atoms with E-state index in [2.05, 4.69) is 14.2 Å². The van der Waals surface area contributed by atoms with Gasteiger partial charge < -0.3 is 14.2 Å². The fraction of sp³-hybridized carbons (Fsp3) is 0.160. The Morgan fingerprint density at radius 1 is 0.391 bits per heavy atom. The molecule has 0 radical (unpaired) electrons. The molecule has 0 aliphatic rings. The molecule has 21 heteroatoms. The van der Waals surface area contributed by atoms with Crippen LogP contribution in [-0.2, 0) is 14.4 Å². The van der Waals surface area contributed by atoms with Gasteiger partial charge in [0.15, 0.2) is 17.4 Å². The number of benzene rings is 3. The summed E-state index contributed by atoms with van der Waals surface area (Å²) in [5.41, 5.74) is -1.15. The summed E-state index contributed by atoms with van der Waals surface area (Å²) in [6, 6.07) is 0. The average Bonchev–Trinajstić information content (AvgIpc) is 3.01. The first kappa shape index (κ1) is 35.5. The summed E-state index contributed by atoms with van der Waals surface area (Å²) >= 11 is 0. The lowest BCUT2D eigenvalue weighted by Crippen LogP contribution is -2.42. The number of halogens is 14. The second kappa shape index (κ2) is 13.6. The molecule has 7 nitrogen and oxygen atoms in total. The van der Waals surface area contributed by atoms with Gasteiger partial charge in [0.1, 0.15) is 0 Å². The number of nitrogens with zero attached hydrogens (tertiary/aromatic N) is 1. The van der Waals surface area contributed by atoms with Crippen LogP contribution in [0.2, 0.25) is 0 Å². The molecular formula is C25H9F14NO6. The maximum Gasteiger partial charge on any atom is 0.325 e. The quantitative estimate of drug-likeness (QED) is 0.0987. The highest BCUT2D eigenvalue weighted by Crippen LogP contribution is 2.32. The number of carbonyl (C=O) groups excluding carboxylic acids is 3. The van der Waals surface area contributed by atoms with Crippen LogP contribution >= 0.6 is 0 Å². The van der Waals surface area contributed by atoms with Crippen molar-refractivity contribution in [2.24, 2.45) is 0 Å². The topological polar surface area (TPSA) is 82.1 Å². The number of hydrogen-bond donors (Lipinski definition) is 0. The number of carbonyl (C=O) groups is 3. The monoisotopic (exact) mass is 685 g/mol. The van der Waals surface area contributed by atoms with Crippen LogP contribution in [0.4, 0.5) is 61.5 Å². The van der Waals surface area contributed by atoms with Crippen LogP contribution in [0, 0.1) is 88.4 Å². The Hall–Kier alpha value is -4.95. The molecule has 3 aromatic carbocycles. The van der Waals surface area contributed by atoms with Gasteiger partial charge in [0.25, 0.3) is 0 Å². The van der Waals surface area contributed by atoms with E-state index in [1.807, 2.05) is 0 Å². The number of ether oxygens (including phenoxy) is 3.